The summed E-state index contributed by atoms with van der Waals surface area (Å²) in [4.78, 5) is 41.3. The van der Waals surface area contributed by atoms with Crippen molar-refractivity contribution in [3.05, 3.63) is 120 Å². The molecular weight excluding hydrogens is 622 g/mol. The number of carboxylic acid groups (broad SMARTS) is 1. The minimum Gasteiger partial charge on any atom is -0.504 e. The Morgan fingerprint density at radius 2 is 1.67 bits per heavy atom. The van der Waals surface area contributed by atoms with Gasteiger partial charge in [-0.1, -0.05) is 18.2 Å². The van der Waals surface area contributed by atoms with Crippen molar-refractivity contribution >= 4 is 29.2 Å². The number of aromatic carboxylic acids is 1. The van der Waals surface area contributed by atoms with Gasteiger partial charge < -0.3 is 30.5 Å². The maximum absolute atomic E-state index is 12.9. The van der Waals surface area contributed by atoms with Crippen LogP contribution in [-0.2, 0) is 6.54 Å². The van der Waals surface area contributed by atoms with Gasteiger partial charge in [-0.25, -0.2) is 14.8 Å². The monoisotopic (exact) mass is 661 g/mol. The van der Waals surface area contributed by atoms with Crippen LogP contribution < -0.4 is 15.4 Å². The van der Waals surface area contributed by atoms with E-state index in [1.165, 1.54) is 30.9 Å². The first-order chi connectivity index (χ1) is 23.7. The Morgan fingerprint density at radius 3 is 2.37 bits per heavy atom. The highest BCUT2D eigenvalue weighted by Gasteiger charge is 2.15. The van der Waals surface area contributed by atoms with Gasteiger partial charge in [0.2, 0.25) is 5.95 Å². The second-order valence-corrected chi connectivity index (χ2v) is 11.6. The topological polar surface area (TPSA) is 153 Å². The number of benzene rings is 3. The average molecular weight is 662 g/mol. The number of aromatic nitrogens is 3. The molecule has 4 N–H and O–H groups in total. The normalized spacial score (nSPS) is 13.1. The van der Waals surface area contributed by atoms with Crippen LogP contribution in [0.25, 0.3) is 11.3 Å². The van der Waals surface area contributed by atoms with Crippen molar-refractivity contribution < 1.29 is 24.5 Å². The molecule has 5 aromatic rings. The molecule has 3 aromatic carbocycles. The maximum atomic E-state index is 12.9. The number of nitrogens with zero attached hydrogens (tertiary/aromatic N) is 5. The van der Waals surface area contributed by atoms with Crippen molar-refractivity contribution in [1.29, 1.82) is 0 Å². The molecule has 1 amide bonds. The highest BCUT2D eigenvalue weighted by atomic mass is 16.5. The fraction of sp³-hybridized carbons (Fsp3) is 0.216. The summed E-state index contributed by atoms with van der Waals surface area (Å²) >= 11 is 0. The zero-order chi connectivity index (χ0) is 34.8. The molecule has 252 valence electrons. The second kappa shape index (κ2) is 16.3. The lowest BCUT2D eigenvalue weighted by molar-refractivity contribution is 0.0696. The van der Waals surface area contributed by atoms with E-state index < -0.39 is 5.97 Å². The summed E-state index contributed by atoms with van der Waals surface area (Å²) in [6.45, 7) is 7.24. The molecule has 1 aliphatic rings. The van der Waals surface area contributed by atoms with Gasteiger partial charge in [0, 0.05) is 73.8 Å². The van der Waals surface area contributed by atoms with E-state index in [9.17, 15) is 9.59 Å². The zero-order valence-corrected chi connectivity index (χ0v) is 27.6. The van der Waals surface area contributed by atoms with Crippen molar-refractivity contribution in [3.8, 4) is 22.8 Å². The number of carbonyl (C=O) groups is 2. The number of phenols is 1. The third kappa shape index (κ3) is 9.60. The third-order valence-electron chi connectivity index (χ3n) is 8.00. The number of piperazine rings is 1. The van der Waals surface area contributed by atoms with Crippen LogP contribution in [0.5, 0.6) is 11.5 Å². The average Bonchev–Trinajstić information content (AvgIpc) is 3.12. The van der Waals surface area contributed by atoms with Crippen molar-refractivity contribution in [2.75, 3.05) is 51.0 Å². The van der Waals surface area contributed by atoms with E-state index >= 15 is 0 Å². The second-order valence-electron chi connectivity index (χ2n) is 11.6. The lowest BCUT2D eigenvalue weighted by Crippen LogP contribution is -2.43. The van der Waals surface area contributed by atoms with Crippen LogP contribution in [0.4, 0.5) is 17.3 Å². The molecule has 1 aliphatic heterocycles. The lowest BCUT2D eigenvalue weighted by atomic mass is 10.1. The first kappa shape index (κ1) is 34.5. The molecule has 49 heavy (non-hydrogen) atoms. The van der Waals surface area contributed by atoms with Crippen molar-refractivity contribution in [1.82, 2.24) is 24.8 Å². The molecule has 2 aromatic heterocycles. The number of aromatic hydroxyl groups is 1. The molecule has 12 heteroatoms. The number of aryl methyl sites for hydroxylation is 1. The number of pyridine rings is 1. The number of phenolic OH excluding ortho intramolecular Hbond substituents is 1. The molecule has 0 atom stereocenters. The Hall–Kier alpha value is -5.85. The minimum atomic E-state index is -1.05. The van der Waals surface area contributed by atoms with E-state index in [-0.39, 0.29) is 23.0 Å². The third-order valence-corrected chi connectivity index (χ3v) is 8.00. The standard InChI is InChI=1S/C29H31N7O.C8H8O4/c1-21-5-10-25(18-27(21)34-29-31-13-11-26(33-29)24-4-3-12-30-19-24)32-28(37)23-8-6-22(7-9-23)20-36-16-14-35(2)15-17-36;1-12-7-4-5(8(10)11)2-3-6(7)9/h3-13,18-19H,14-17,20H2,1-2H3,(H,32,37)(H,31,33,34);2-4,9H,1H3,(H,10,11). The molecular formula is C37H39N7O5. The SMILES string of the molecule is COc1cc(C(=O)O)ccc1O.Cc1ccc(NC(=O)c2ccc(CN3CCN(C)CC3)cc2)cc1Nc1nccc(-c2cccnc2)n1. The molecule has 0 spiro atoms. The number of carboxylic acids is 1. The minimum absolute atomic E-state index is 0.0671. The predicted molar refractivity (Wildman–Crippen MR) is 189 cm³/mol. The van der Waals surface area contributed by atoms with Gasteiger partial charge in [-0.15, -0.1) is 0 Å². The lowest BCUT2D eigenvalue weighted by Gasteiger charge is -2.32. The van der Waals surface area contributed by atoms with Gasteiger partial charge >= 0.3 is 5.97 Å². The summed E-state index contributed by atoms with van der Waals surface area (Å²) in [5.74, 6) is -0.620. The molecule has 0 bridgehead atoms. The fourth-order valence-electron chi connectivity index (χ4n) is 5.09. The zero-order valence-electron chi connectivity index (χ0n) is 27.6. The van der Waals surface area contributed by atoms with Crippen LogP contribution in [0, 0.1) is 6.92 Å². The summed E-state index contributed by atoms with van der Waals surface area (Å²) in [5.41, 5.74) is 6.17. The molecule has 3 heterocycles. The number of amides is 1. The number of hydrogen-bond donors (Lipinski definition) is 4. The first-order valence-electron chi connectivity index (χ1n) is 15.7. The van der Waals surface area contributed by atoms with Gasteiger partial charge in [0.1, 0.15) is 0 Å². The first-order valence-corrected chi connectivity index (χ1v) is 15.7. The molecule has 0 saturated carbocycles. The molecule has 1 fully saturated rings. The quantitative estimate of drug-likeness (QED) is 0.154. The van der Waals surface area contributed by atoms with Crippen LogP contribution in [0.2, 0.25) is 0 Å². The number of ether oxygens (including phenoxy) is 1. The van der Waals surface area contributed by atoms with Crippen LogP contribution in [-0.4, -0.2) is 87.2 Å². The van der Waals surface area contributed by atoms with Crippen LogP contribution >= 0.6 is 0 Å². The number of methoxy groups -OCH3 is 1. The highest BCUT2D eigenvalue weighted by Crippen LogP contribution is 2.26. The number of carbonyl (C=O) groups excluding carboxylic acids is 1. The number of likely N-dealkylation sites (N-methyl/N-ethyl adjacent to an activating group) is 1. The Morgan fingerprint density at radius 1 is 0.918 bits per heavy atom. The Balaban J connectivity index is 0.000000330. The van der Waals surface area contributed by atoms with E-state index in [2.05, 4.69) is 42.4 Å². The van der Waals surface area contributed by atoms with Gasteiger partial charge in [0.05, 0.1) is 18.4 Å². The van der Waals surface area contributed by atoms with E-state index in [0.717, 1.165) is 55.2 Å². The summed E-state index contributed by atoms with van der Waals surface area (Å²) in [6.07, 6.45) is 5.22. The van der Waals surface area contributed by atoms with Gasteiger partial charge in [0.15, 0.2) is 11.5 Å². The molecule has 1 saturated heterocycles. The Labute approximate surface area is 285 Å². The van der Waals surface area contributed by atoms with Gasteiger partial charge in [-0.05, 0) is 85.8 Å². The van der Waals surface area contributed by atoms with Crippen LogP contribution in [0.1, 0.15) is 31.8 Å². The molecule has 0 unspecified atom stereocenters. The Kier molecular flexibility index (Phi) is 11.5. The van der Waals surface area contributed by atoms with Crippen molar-refractivity contribution in [2.24, 2.45) is 0 Å². The summed E-state index contributed by atoms with van der Waals surface area (Å²) in [7, 11) is 3.52. The van der Waals surface area contributed by atoms with E-state index in [1.54, 1.807) is 18.6 Å². The summed E-state index contributed by atoms with van der Waals surface area (Å²) in [6, 6.07) is 23.2. The molecule has 6 rings (SSSR count). The summed E-state index contributed by atoms with van der Waals surface area (Å²) in [5, 5.41) is 24.0. The van der Waals surface area contributed by atoms with Crippen molar-refractivity contribution in [2.45, 2.75) is 13.5 Å². The smallest absolute Gasteiger partial charge is 0.335 e. The molecule has 12 nitrogen and oxygen atoms in total. The molecule has 0 aliphatic carbocycles. The van der Waals surface area contributed by atoms with Gasteiger partial charge in [0.25, 0.3) is 5.91 Å². The number of anilines is 3. The van der Waals surface area contributed by atoms with E-state index in [4.69, 9.17) is 14.9 Å². The highest BCUT2D eigenvalue weighted by molar-refractivity contribution is 6.04. The van der Waals surface area contributed by atoms with Crippen molar-refractivity contribution in [3.63, 3.8) is 0 Å². The number of nitrogens with one attached hydrogen (secondary N) is 2. The largest absolute Gasteiger partial charge is 0.504 e. The van der Waals surface area contributed by atoms with Gasteiger partial charge in [-0.3, -0.25) is 14.7 Å². The van der Waals surface area contributed by atoms with Gasteiger partial charge in [-0.2, -0.15) is 0 Å². The maximum Gasteiger partial charge on any atom is 0.335 e. The van der Waals surface area contributed by atoms with E-state index in [1.807, 2.05) is 67.6 Å². The van der Waals surface area contributed by atoms with Crippen LogP contribution in [0.15, 0.2) is 97.5 Å². The van der Waals surface area contributed by atoms with E-state index in [0.29, 0.717) is 17.2 Å². The number of rotatable bonds is 9. The predicted octanol–water partition coefficient (Wildman–Crippen LogP) is 5.69. The van der Waals surface area contributed by atoms with Crippen LogP contribution in [0.3, 0.4) is 0 Å². The number of hydrogen-bond acceptors (Lipinski definition) is 10. The fourth-order valence-corrected chi connectivity index (χ4v) is 5.09. The summed E-state index contributed by atoms with van der Waals surface area (Å²) < 4.78 is 4.72. The molecule has 0 radical (unpaired) electrons. The Bertz CT molecular complexity index is 1880.